The van der Waals surface area contributed by atoms with Gasteiger partial charge in [0.15, 0.2) is 5.65 Å². The first-order valence-electron chi connectivity index (χ1n) is 12.5. The van der Waals surface area contributed by atoms with E-state index in [2.05, 4.69) is 31.9 Å². The van der Waals surface area contributed by atoms with Gasteiger partial charge in [-0.2, -0.15) is 0 Å². The third-order valence-corrected chi connectivity index (χ3v) is 6.85. The van der Waals surface area contributed by atoms with Gasteiger partial charge in [-0.3, -0.25) is 9.47 Å². The molecule has 3 heterocycles. The SMILES string of the molecule is CCOc1ccc(-n2c(CN3CCN(C(=O)NC4CCCCC4)CC3)nc3cccnc32)cc1. The van der Waals surface area contributed by atoms with E-state index in [0.29, 0.717) is 19.2 Å². The van der Waals surface area contributed by atoms with Crippen LogP contribution in [0, 0.1) is 0 Å². The number of fused-ring (bicyclic) bond motifs is 1. The number of aromatic nitrogens is 3. The van der Waals surface area contributed by atoms with E-state index in [0.717, 1.165) is 67.4 Å². The van der Waals surface area contributed by atoms with E-state index in [4.69, 9.17) is 9.72 Å². The first-order valence-corrected chi connectivity index (χ1v) is 12.5. The summed E-state index contributed by atoms with van der Waals surface area (Å²) in [5.74, 6) is 1.81. The normalized spacial score (nSPS) is 17.7. The van der Waals surface area contributed by atoms with Crippen LogP contribution in [0.25, 0.3) is 16.9 Å². The van der Waals surface area contributed by atoms with Crippen molar-refractivity contribution in [1.29, 1.82) is 0 Å². The highest BCUT2D eigenvalue weighted by Crippen LogP contribution is 2.24. The molecule has 2 aromatic heterocycles. The molecule has 5 rings (SSSR count). The van der Waals surface area contributed by atoms with Gasteiger partial charge in [0.25, 0.3) is 0 Å². The number of ether oxygens (including phenoxy) is 1. The second kappa shape index (κ2) is 10.4. The van der Waals surface area contributed by atoms with Gasteiger partial charge in [-0.25, -0.2) is 14.8 Å². The van der Waals surface area contributed by atoms with E-state index in [1.54, 1.807) is 0 Å². The Labute approximate surface area is 200 Å². The largest absolute Gasteiger partial charge is 0.494 e. The molecule has 1 saturated carbocycles. The molecule has 2 amide bonds. The molecule has 1 aliphatic carbocycles. The lowest BCUT2D eigenvalue weighted by Crippen LogP contribution is -2.53. The lowest BCUT2D eigenvalue weighted by atomic mass is 9.96. The molecule has 8 heteroatoms. The fourth-order valence-corrected chi connectivity index (χ4v) is 5.02. The van der Waals surface area contributed by atoms with E-state index < -0.39 is 0 Å². The molecule has 1 aromatic carbocycles. The van der Waals surface area contributed by atoms with Gasteiger partial charge in [-0.15, -0.1) is 0 Å². The number of urea groups is 1. The van der Waals surface area contributed by atoms with E-state index in [1.165, 1.54) is 19.3 Å². The Hall–Kier alpha value is -3.13. The van der Waals surface area contributed by atoms with Crippen LogP contribution in [0.4, 0.5) is 4.79 Å². The number of benzene rings is 1. The second-order valence-electron chi connectivity index (χ2n) is 9.18. The molecule has 180 valence electrons. The zero-order valence-corrected chi connectivity index (χ0v) is 19.9. The van der Waals surface area contributed by atoms with Gasteiger partial charge >= 0.3 is 6.03 Å². The summed E-state index contributed by atoms with van der Waals surface area (Å²) in [7, 11) is 0. The average molecular weight is 463 g/mol. The van der Waals surface area contributed by atoms with Crippen molar-refractivity contribution in [2.75, 3.05) is 32.8 Å². The minimum atomic E-state index is 0.0948. The summed E-state index contributed by atoms with van der Waals surface area (Å²) in [4.78, 5) is 26.6. The van der Waals surface area contributed by atoms with Crippen molar-refractivity contribution in [3.63, 3.8) is 0 Å². The molecule has 2 fully saturated rings. The quantitative estimate of drug-likeness (QED) is 0.600. The Balaban J connectivity index is 1.27. The number of hydrogen-bond donors (Lipinski definition) is 1. The van der Waals surface area contributed by atoms with Crippen LogP contribution in [0.3, 0.4) is 0 Å². The summed E-state index contributed by atoms with van der Waals surface area (Å²) >= 11 is 0. The zero-order chi connectivity index (χ0) is 23.3. The highest BCUT2D eigenvalue weighted by molar-refractivity contribution is 5.75. The number of carbonyl (C=O) groups is 1. The number of rotatable bonds is 6. The highest BCUT2D eigenvalue weighted by atomic mass is 16.5. The third kappa shape index (κ3) is 5.01. The molecule has 2 aliphatic rings. The lowest BCUT2D eigenvalue weighted by molar-refractivity contribution is 0.130. The Morgan fingerprint density at radius 2 is 1.82 bits per heavy atom. The number of amides is 2. The molecule has 3 aromatic rings. The third-order valence-electron chi connectivity index (χ3n) is 6.85. The van der Waals surface area contributed by atoms with Gasteiger partial charge in [0, 0.05) is 44.1 Å². The number of carbonyl (C=O) groups excluding carboxylic acids is 1. The topological polar surface area (TPSA) is 75.5 Å². The molecular weight excluding hydrogens is 428 g/mol. The van der Waals surface area contributed by atoms with Crippen LogP contribution in [0.2, 0.25) is 0 Å². The van der Waals surface area contributed by atoms with Crippen molar-refractivity contribution < 1.29 is 9.53 Å². The minimum absolute atomic E-state index is 0.0948. The predicted octanol–water partition coefficient (Wildman–Crippen LogP) is 3.98. The van der Waals surface area contributed by atoms with Crippen molar-refractivity contribution >= 4 is 17.2 Å². The Morgan fingerprint density at radius 3 is 2.56 bits per heavy atom. The molecule has 1 saturated heterocycles. The zero-order valence-electron chi connectivity index (χ0n) is 19.9. The average Bonchev–Trinajstić information content (AvgIpc) is 3.23. The van der Waals surface area contributed by atoms with Crippen LogP contribution in [0.15, 0.2) is 42.6 Å². The number of pyridine rings is 1. The van der Waals surface area contributed by atoms with Crippen molar-refractivity contribution in [3.8, 4) is 11.4 Å². The summed E-state index contributed by atoms with van der Waals surface area (Å²) in [5, 5.41) is 3.25. The van der Waals surface area contributed by atoms with Crippen molar-refractivity contribution in [2.24, 2.45) is 0 Å². The summed E-state index contributed by atoms with van der Waals surface area (Å²) in [5.41, 5.74) is 2.76. The van der Waals surface area contributed by atoms with E-state index in [9.17, 15) is 4.79 Å². The van der Waals surface area contributed by atoms with Gasteiger partial charge in [-0.05, 0) is 56.2 Å². The molecule has 8 nitrogen and oxygen atoms in total. The summed E-state index contributed by atoms with van der Waals surface area (Å²) in [6, 6.07) is 12.5. The smallest absolute Gasteiger partial charge is 0.317 e. The predicted molar refractivity (Wildman–Crippen MR) is 132 cm³/mol. The Bertz CT molecular complexity index is 1100. The highest BCUT2D eigenvalue weighted by Gasteiger charge is 2.25. The fraction of sp³-hybridized carbons (Fsp3) is 0.500. The molecular formula is C26H34N6O2. The number of piperazine rings is 1. The lowest BCUT2D eigenvalue weighted by Gasteiger charge is -2.35. The summed E-state index contributed by atoms with van der Waals surface area (Å²) in [6.07, 6.45) is 7.78. The monoisotopic (exact) mass is 462 g/mol. The summed E-state index contributed by atoms with van der Waals surface area (Å²) in [6.45, 7) is 6.47. The molecule has 0 unspecified atom stereocenters. The van der Waals surface area contributed by atoms with Crippen LogP contribution >= 0.6 is 0 Å². The number of nitrogens with zero attached hydrogens (tertiary/aromatic N) is 5. The van der Waals surface area contributed by atoms with Gasteiger partial charge < -0.3 is 15.0 Å². The molecule has 0 spiro atoms. The first-order chi connectivity index (χ1) is 16.7. The molecule has 0 atom stereocenters. The molecule has 1 aliphatic heterocycles. The fourth-order valence-electron chi connectivity index (χ4n) is 5.02. The summed E-state index contributed by atoms with van der Waals surface area (Å²) < 4.78 is 7.74. The van der Waals surface area contributed by atoms with Gasteiger partial charge in [-0.1, -0.05) is 19.3 Å². The number of imidazole rings is 1. The van der Waals surface area contributed by atoms with E-state index >= 15 is 0 Å². The molecule has 0 bridgehead atoms. The maximum Gasteiger partial charge on any atom is 0.317 e. The number of nitrogens with one attached hydrogen (secondary N) is 1. The maximum atomic E-state index is 12.7. The van der Waals surface area contributed by atoms with E-state index in [1.807, 2.05) is 42.3 Å². The maximum absolute atomic E-state index is 12.7. The first kappa shape index (κ1) is 22.7. The van der Waals surface area contributed by atoms with Crippen molar-refractivity contribution in [2.45, 2.75) is 51.6 Å². The molecule has 0 radical (unpaired) electrons. The van der Waals surface area contributed by atoms with E-state index in [-0.39, 0.29) is 6.03 Å². The Kier molecular flexibility index (Phi) is 6.94. The van der Waals surface area contributed by atoms with Crippen LogP contribution in [-0.2, 0) is 6.54 Å². The van der Waals surface area contributed by atoms with Crippen LogP contribution in [-0.4, -0.2) is 69.2 Å². The van der Waals surface area contributed by atoms with Gasteiger partial charge in [0.2, 0.25) is 0 Å². The van der Waals surface area contributed by atoms with Gasteiger partial charge in [0.05, 0.1) is 13.2 Å². The number of hydrogen-bond acceptors (Lipinski definition) is 5. The van der Waals surface area contributed by atoms with Crippen LogP contribution in [0.1, 0.15) is 44.9 Å². The molecule has 1 N–H and O–H groups in total. The second-order valence-corrected chi connectivity index (χ2v) is 9.18. The van der Waals surface area contributed by atoms with Crippen molar-refractivity contribution in [3.05, 3.63) is 48.4 Å². The van der Waals surface area contributed by atoms with Gasteiger partial charge in [0.1, 0.15) is 17.1 Å². The van der Waals surface area contributed by atoms with Crippen LogP contribution < -0.4 is 10.1 Å². The Morgan fingerprint density at radius 1 is 1.06 bits per heavy atom. The van der Waals surface area contributed by atoms with Crippen LogP contribution in [0.5, 0.6) is 5.75 Å². The minimum Gasteiger partial charge on any atom is -0.494 e. The molecule has 34 heavy (non-hydrogen) atoms. The van der Waals surface area contributed by atoms with Crippen molar-refractivity contribution in [1.82, 2.24) is 29.7 Å². The standard InChI is InChI=1S/C26H34N6O2/c1-2-34-22-12-10-21(11-13-22)32-24(29-23-9-6-14-27-25(23)32)19-30-15-17-31(18-16-30)26(33)28-20-7-4-3-5-8-20/h6,9-14,20H,2-5,7-8,15-19H2,1H3,(H,28,33).